The highest BCUT2D eigenvalue weighted by Crippen LogP contribution is 2.15. The number of guanidine groups is 1. The minimum absolute atomic E-state index is 0.416. The molecule has 0 saturated carbocycles. The predicted molar refractivity (Wildman–Crippen MR) is 105 cm³/mol. The quantitative estimate of drug-likeness (QED) is 0.598. The van der Waals surface area contributed by atoms with Crippen molar-refractivity contribution in [3.63, 3.8) is 0 Å². The molecule has 0 bridgehead atoms. The Morgan fingerprint density at radius 3 is 2.52 bits per heavy atom. The molecule has 134 valence electrons. The van der Waals surface area contributed by atoms with Gasteiger partial charge in [-0.2, -0.15) is 0 Å². The summed E-state index contributed by atoms with van der Waals surface area (Å²) < 4.78 is 5.27. The van der Waals surface area contributed by atoms with Crippen LogP contribution in [0.15, 0.2) is 53.5 Å². The van der Waals surface area contributed by atoms with Gasteiger partial charge in [0, 0.05) is 27.2 Å². The summed E-state index contributed by atoms with van der Waals surface area (Å²) >= 11 is 0. The second kappa shape index (κ2) is 9.84. The summed E-state index contributed by atoms with van der Waals surface area (Å²) in [5.41, 5.74) is 5.05. The third kappa shape index (κ3) is 5.91. The van der Waals surface area contributed by atoms with Gasteiger partial charge >= 0.3 is 0 Å². The molecule has 25 heavy (non-hydrogen) atoms. The highest BCUT2D eigenvalue weighted by atomic mass is 16.5. The van der Waals surface area contributed by atoms with E-state index in [1.165, 1.54) is 22.3 Å². The van der Waals surface area contributed by atoms with Crippen LogP contribution in [-0.2, 0) is 17.9 Å². The van der Waals surface area contributed by atoms with Crippen molar-refractivity contribution in [2.75, 3.05) is 20.7 Å². The van der Waals surface area contributed by atoms with Gasteiger partial charge in [0.1, 0.15) is 0 Å². The fourth-order valence-corrected chi connectivity index (χ4v) is 2.77. The Morgan fingerprint density at radius 2 is 1.84 bits per heavy atom. The van der Waals surface area contributed by atoms with Gasteiger partial charge < -0.3 is 15.4 Å². The fraction of sp³-hybridized carbons (Fsp3) is 0.381. The summed E-state index contributed by atoms with van der Waals surface area (Å²) in [7, 11) is 3.52. The number of aryl methyl sites for hydroxylation is 1. The third-order valence-corrected chi connectivity index (χ3v) is 4.27. The van der Waals surface area contributed by atoms with Gasteiger partial charge in [-0.15, -0.1) is 0 Å². The van der Waals surface area contributed by atoms with Crippen LogP contribution in [0.25, 0.3) is 0 Å². The Bertz CT molecular complexity index is 697. The zero-order valence-electron chi connectivity index (χ0n) is 15.7. The molecule has 2 aromatic carbocycles. The molecule has 1 atom stereocenters. The summed E-state index contributed by atoms with van der Waals surface area (Å²) in [4.78, 5) is 4.33. The van der Waals surface area contributed by atoms with Crippen LogP contribution < -0.4 is 10.6 Å². The molecule has 0 aliphatic carbocycles. The zero-order valence-corrected chi connectivity index (χ0v) is 15.7. The average Bonchev–Trinajstić information content (AvgIpc) is 2.63. The van der Waals surface area contributed by atoms with Crippen molar-refractivity contribution < 1.29 is 4.74 Å². The summed E-state index contributed by atoms with van der Waals surface area (Å²) in [5, 5.41) is 6.80. The van der Waals surface area contributed by atoms with Gasteiger partial charge in [0.05, 0.1) is 6.61 Å². The highest BCUT2D eigenvalue weighted by Gasteiger charge is 2.08. The molecule has 0 spiro atoms. The van der Waals surface area contributed by atoms with Crippen LogP contribution in [0.1, 0.15) is 35.1 Å². The molecule has 0 amide bonds. The van der Waals surface area contributed by atoms with Crippen LogP contribution in [0.3, 0.4) is 0 Å². The lowest BCUT2D eigenvalue weighted by atomic mass is 9.99. The number of ether oxygens (including phenoxy) is 1. The van der Waals surface area contributed by atoms with Gasteiger partial charge in [0.15, 0.2) is 5.96 Å². The summed E-state index contributed by atoms with van der Waals surface area (Å²) in [5.74, 6) is 1.23. The second-order valence-corrected chi connectivity index (χ2v) is 6.32. The number of aliphatic imine (C=N–C) groups is 1. The number of nitrogens with zero attached hydrogens (tertiary/aromatic N) is 1. The van der Waals surface area contributed by atoms with E-state index in [1.807, 2.05) is 12.1 Å². The lowest BCUT2D eigenvalue weighted by Crippen LogP contribution is -2.38. The van der Waals surface area contributed by atoms with Crippen LogP contribution in [-0.4, -0.2) is 26.7 Å². The van der Waals surface area contributed by atoms with Crippen molar-refractivity contribution in [1.29, 1.82) is 0 Å². The molecule has 0 aromatic heterocycles. The molecule has 2 N–H and O–H groups in total. The van der Waals surface area contributed by atoms with E-state index in [9.17, 15) is 0 Å². The maximum absolute atomic E-state index is 5.27. The Morgan fingerprint density at radius 1 is 1.08 bits per heavy atom. The van der Waals surface area contributed by atoms with E-state index in [2.05, 4.69) is 65.9 Å². The van der Waals surface area contributed by atoms with Crippen molar-refractivity contribution in [2.45, 2.75) is 32.9 Å². The fourth-order valence-electron chi connectivity index (χ4n) is 2.77. The summed E-state index contributed by atoms with van der Waals surface area (Å²) in [6, 6.07) is 16.9. The van der Waals surface area contributed by atoms with E-state index in [1.54, 1.807) is 14.2 Å². The van der Waals surface area contributed by atoms with Crippen molar-refractivity contribution in [2.24, 2.45) is 4.99 Å². The lowest BCUT2D eigenvalue weighted by molar-refractivity contribution is 0.184. The Hall–Kier alpha value is -2.33. The van der Waals surface area contributed by atoms with Gasteiger partial charge in [-0.05, 0) is 29.5 Å². The van der Waals surface area contributed by atoms with E-state index in [0.717, 1.165) is 19.0 Å². The van der Waals surface area contributed by atoms with Crippen LogP contribution in [0.2, 0.25) is 0 Å². The molecule has 0 radical (unpaired) electrons. The Labute approximate surface area is 151 Å². The molecule has 0 aliphatic heterocycles. The molecule has 1 unspecified atom stereocenters. The second-order valence-electron chi connectivity index (χ2n) is 6.32. The minimum Gasteiger partial charge on any atom is -0.380 e. The maximum Gasteiger partial charge on any atom is 0.191 e. The first-order valence-electron chi connectivity index (χ1n) is 8.70. The van der Waals surface area contributed by atoms with E-state index in [4.69, 9.17) is 4.74 Å². The summed E-state index contributed by atoms with van der Waals surface area (Å²) in [6.07, 6.45) is 0. The van der Waals surface area contributed by atoms with Gasteiger partial charge in [-0.3, -0.25) is 4.99 Å². The van der Waals surface area contributed by atoms with E-state index in [0.29, 0.717) is 12.5 Å². The van der Waals surface area contributed by atoms with Gasteiger partial charge in [-0.25, -0.2) is 0 Å². The Balaban J connectivity index is 1.89. The van der Waals surface area contributed by atoms with Crippen LogP contribution in [0, 0.1) is 6.92 Å². The number of hydrogen-bond acceptors (Lipinski definition) is 2. The van der Waals surface area contributed by atoms with Gasteiger partial charge in [0.25, 0.3) is 0 Å². The molecule has 0 aliphatic rings. The van der Waals surface area contributed by atoms with Crippen molar-refractivity contribution in [3.8, 4) is 0 Å². The first-order chi connectivity index (χ1) is 12.1. The molecule has 2 aromatic rings. The normalized spacial score (nSPS) is 12.7. The van der Waals surface area contributed by atoms with Crippen molar-refractivity contribution >= 4 is 5.96 Å². The largest absolute Gasteiger partial charge is 0.380 e. The number of benzene rings is 2. The van der Waals surface area contributed by atoms with E-state index < -0.39 is 0 Å². The smallest absolute Gasteiger partial charge is 0.191 e. The molecule has 0 fully saturated rings. The maximum atomic E-state index is 5.27. The number of rotatable bonds is 7. The first kappa shape index (κ1) is 19.0. The average molecular weight is 339 g/mol. The van der Waals surface area contributed by atoms with Crippen molar-refractivity contribution in [3.05, 3.63) is 70.8 Å². The summed E-state index contributed by atoms with van der Waals surface area (Å²) in [6.45, 7) is 6.53. The zero-order chi connectivity index (χ0) is 18.1. The van der Waals surface area contributed by atoms with Crippen LogP contribution >= 0.6 is 0 Å². The first-order valence-corrected chi connectivity index (χ1v) is 8.70. The molecule has 2 rings (SSSR count). The van der Waals surface area contributed by atoms with Crippen molar-refractivity contribution in [1.82, 2.24) is 10.6 Å². The molecular formula is C21H29N3O. The van der Waals surface area contributed by atoms with E-state index >= 15 is 0 Å². The molecule has 4 nitrogen and oxygen atoms in total. The number of methoxy groups -OCH3 is 1. The molecule has 4 heteroatoms. The SMILES string of the molecule is CN=C(NCc1ccccc1COC)NCC(C)c1cccc(C)c1. The molecular weight excluding hydrogens is 310 g/mol. The third-order valence-electron chi connectivity index (χ3n) is 4.27. The van der Waals surface area contributed by atoms with Gasteiger partial charge in [-0.1, -0.05) is 61.0 Å². The minimum atomic E-state index is 0.416. The standard InChI is InChI=1S/C21H29N3O/c1-16-8-7-11-18(12-16)17(2)13-23-21(22-3)24-14-19-9-5-6-10-20(19)15-25-4/h5-12,17H,13-15H2,1-4H3,(H2,22,23,24). The lowest BCUT2D eigenvalue weighted by Gasteiger charge is -2.17. The predicted octanol–water partition coefficient (Wildman–Crippen LogP) is 3.61. The van der Waals surface area contributed by atoms with E-state index in [-0.39, 0.29) is 0 Å². The highest BCUT2D eigenvalue weighted by molar-refractivity contribution is 5.79. The molecule has 0 saturated heterocycles. The van der Waals surface area contributed by atoms with Crippen LogP contribution in [0.4, 0.5) is 0 Å². The number of nitrogens with one attached hydrogen (secondary N) is 2. The Kier molecular flexibility index (Phi) is 7.48. The molecule has 0 heterocycles. The topological polar surface area (TPSA) is 45.7 Å². The van der Waals surface area contributed by atoms with Crippen LogP contribution in [0.5, 0.6) is 0 Å². The van der Waals surface area contributed by atoms with Gasteiger partial charge in [0.2, 0.25) is 0 Å². The number of hydrogen-bond donors (Lipinski definition) is 2. The monoisotopic (exact) mass is 339 g/mol.